The summed E-state index contributed by atoms with van der Waals surface area (Å²) in [6.45, 7) is 0. The average Bonchev–Trinajstić information content (AvgIpc) is 2.47. The van der Waals surface area contributed by atoms with Gasteiger partial charge in [-0.2, -0.15) is 0 Å². The summed E-state index contributed by atoms with van der Waals surface area (Å²) in [5.74, 6) is -0.791. The molecule has 0 aromatic carbocycles. The minimum absolute atomic E-state index is 0.214. The first kappa shape index (κ1) is 10.9. The van der Waals surface area contributed by atoms with E-state index in [4.69, 9.17) is 11.6 Å². The third-order valence-corrected chi connectivity index (χ3v) is 2.68. The molecule has 1 heterocycles. The number of carbonyl (C=O) groups is 2. The number of halogens is 1. The van der Waals surface area contributed by atoms with Crippen molar-refractivity contribution in [3.05, 3.63) is 20.8 Å². The number of carbonyl (C=O) groups excluding carboxylic acids is 2. The Morgan fingerprint density at radius 3 is 2.79 bits per heavy atom. The van der Waals surface area contributed by atoms with Crippen LogP contribution in [-0.4, -0.2) is 23.3 Å². The van der Waals surface area contributed by atoms with Gasteiger partial charge in [-0.25, -0.2) is 8.75 Å². The van der Waals surface area contributed by atoms with Gasteiger partial charge in [-0.1, -0.05) is 11.6 Å². The fourth-order valence-corrected chi connectivity index (χ4v) is 1.90. The molecule has 0 spiro atoms. The monoisotopic (exact) mass is 235 g/mol. The van der Waals surface area contributed by atoms with Crippen LogP contribution in [0.5, 0.6) is 0 Å². The van der Waals surface area contributed by atoms with Crippen molar-refractivity contribution < 1.29 is 14.3 Å². The molecule has 0 aliphatic carbocycles. The van der Waals surface area contributed by atoms with E-state index in [1.165, 1.54) is 0 Å². The number of rotatable bonds is 3. The summed E-state index contributed by atoms with van der Waals surface area (Å²) in [7, 11) is 1.14. The van der Waals surface area contributed by atoms with Gasteiger partial charge in [0.1, 0.15) is 4.34 Å². The maximum Gasteiger partial charge on any atom is 0.337 e. The Kier molecular flexibility index (Phi) is 3.43. The standard InChI is InChI=1S/C7H6ClNO4S/c1-13-7(12)4(3-10)9-6(11)2-5(8)14-9/h2-4H,1H3. The van der Waals surface area contributed by atoms with Crippen molar-refractivity contribution in [2.45, 2.75) is 6.04 Å². The zero-order chi connectivity index (χ0) is 10.7. The molecule has 0 saturated heterocycles. The molecule has 0 saturated carbocycles. The Morgan fingerprint density at radius 2 is 2.43 bits per heavy atom. The van der Waals surface area contributed by atoms with Gasteiger partial charge in [0.2, 0.25) is 0 Å². The van der Waals surface area contributed by atoms with Crippen molar-refractivity contribution >= 4 is 35.4 Å². The zero-order valence-electron chi connectivity index (χ0n) is 7.10. The first-order valence-corrected chi connectivity index (χ1v) is 4.66. The Bertz CT molecular complexity index is 410. The van der Waals surface area contributed by atoms with E-state index in [0.717, 1.165) is 28.7 Å². The molecule has 1 rings (SSSR count). The van der Waals surface area contributed by atoms with Crippen LogP contribution in [0.4, 0.5) is 0 Å². The van der Waals surface area contributed by atoms with Gasteiger partial charge in [0, 0.05) is 6.07 Å². The summed E-state index contributed by atoms with van der Waals surface area (Å²) in [6.07, 6.45) is 0.333. The summed E-state index contributed by atoms with van der Waals surface area (Å²) in [4.78, 5) is 32.8. The van der Waals surface area contributed by atoms with E-state index in [-0.39, 0.29) is 4.34 Å². The number of esters is 1. The molecule has 76 valence electrons. The molecule has 0 aliphatic rings. The predicted molar refractivity (Wildman–Crippen MR) is 50.7 cm³/mol. The lowest BCUT2D eigenvalue weighted by molar-refractivity contribution is -0.145. The summed E-state index contributed by atoms with van der Waals surface area (Å²) < 4.78 is 5.53. The molecule has 1 unspecified atom stereocenters. The number of nitrogens with zero attached hydrogens (tertiary/aromatic N) is 1. The van der Waals surface area contributed by atoms with E-state index in [0.29, 0.717) is 6.29 Å². The summed E-state index contributed by atoms with van der Waals surface area (Å²) in [5, 5.41) is 0. The van der Waals surface area contributed by atoms with Crippen LogP contribution in [0, 0.1) is 0 Å². The number of ether oxygens (including phenoxy) is 1. The lowest BCUT2D eigenvalue weighted by Crippen LogP contribution is -2.27. The highest BCUT2D eigenvalue weighted by Crippen LogP contribution is 2.16. The maximum absolute atomic E-state index is 11.2. The van der Waals surface area contributed by atoms with Crippen LogP contribution in [0.3, 0.4) is 0 Å². The van der Waals surface area contributed by atoms with Gasteiger partial charge in [-0.05, 0) is 11.5 Å². The fourth-order valence-electron chi connectivity index (χ4n) is 0.847. The van der Waals surface area contributed by atoms with Crippen LogP contribution in [0.25, 0.3) is 0 Å². The van der Waals surface area contributed by atoms with Crippen molar-refractivity contribution in [2.75, 3.05) is 7.11 Å². The van der Waals surface area contributed by atoms with Gasteiger partial charge in [-0.3, -0.25) is 4.79 Å². The zero-order valence-corrected chi connectivity index (χ0v) is 8.67. The molecule has 0 aliphatic heterocycles. The second-order valence-electron chi connectivity index (χ2n) is 2.31. The molecule has 0 radical (unpaired) electrons. The molecule has 1 aromatic heterocycles. The molecule has 0 amide bonds. The van der Waals surface area contributed by atoms with Crippen molar-refractivity contribution in [1.29, 1.82) is 0 Å². The van der Waals surface area contributed by atoms with Crippen molar-refractivity contribution in [2.24, 2.45) is 0 Å². The first-order chi connectivity index (χ1) is 6.60. The highest BCUT2D eigenvalue weighted by atomic mass is 35.5. The molecular weight excluding hydrogens is 230 g/mol. The molecule has 0 bridgehead atoms. The van der Waals surface area contributed by atoms with Crippen LogP contribution in [0.2, 0.25) is 4.34 Å². The molecule has 14 heavy (non-hydrogen) atoms. The quantitative estimate of drug-likeness (QED) is 0.434. The van der Waals surface area contributed by atoms with Crippen LogP contribution < -0.4 is 5.56 Å². The molecular formula is C7H6ClNO4S. The van der Waals surface area contributed by atoms with Crippen LogP contribution in [-0.2, 0) is 14.3 Å². The topological polar surface area (TPSA) is 65.4 Å². The predicted octanol–water partition coefficient (Wildman–Crippen LogP) is 0.476. The van der Waals surface area contributed by atoms with E-state index >= 15 is 0 Å². The summed E-state index contributed by atoms with van der Waals surface area (Å²) >= 11 is 6.37. The minimum atomic E-state index is -1.25. The lowest BCUT2D eigenvalue weighted by Gasteiger charge is -2.06. The highest BCUT2D eigenvalue weighted by Gasteiger charge is 2.23. The second kappa shape index (κ2) is 4.39. The van der Waals surface area contributed by atoms with Gasteiger partial charge in [0.15, 0.2) is 12.3 Å². The maximum atomic E-state index is 11.2. The van der Waals surface area contributed by atoms with Crippen LogP contribution in [0.15, 0.2) is 10.9 Å². The second-order valence-corrected chi connectivity index (χ2v) is 3.95. The van der Waals surface area contributed by atoms with E-state index in [9.17, 15) is 14.4 Å². The Labute approximate surface area is 88.0 Å². The van der Waals surface area contributed by atoms with Gasteiger partial charge >= 0.3 is 5.97 Å². The number of hydrogen-bond acceptors (Lipinski definition) is 5. The third kappa shape index (κ3) is 2.02. The van der Waals surface area contributed by atoms with Crippen molar-refractivity contribution in [3.63, 3.8) is 0 Å². The van der Waals surface area contributed by atoms with E-state index in [1.807, 2.05) is 0 Å². The van der Waals surface area contributed by atoms with Gasteiger partial charge in [0.25, 0.3) is 5.56 Å². The van der Waals surface area contributed by atoms with E-state index in [2.05, 4.69) is 4.74 Å². The van der Waals surface area contributed by atoms with Gasteiger partial charge in [0.05, 0.1) is 7.11 Å². The number of hydrogen-bond donors (Lipinski definition) is 0. The normalized spacial score (nSPS) is 12.1. The average molecular weight is 236 g/mol. The van der Waals surface area contributed by atoms with E-state index in [1.54, 1.807) is 0 Å². The van der Waals surface area contributed by atoms with Crippen LogP contribution >= 0.6 is 23.1 Å². The molecule has 1 aromatic rings. The largest absolute Gasteiger partial charge is 0.467 e. The smallest absolute Gasteiger partial charge is 0.337 e. The molecule has 0 N–H and O–H groups in total. The number of methoxy groups -OCH3 is 1. The summed E-state index contributed by atoms with van der Waals surface area (Å²) in [6, 6.07) is -0.115. The van der Waals surface area contributed by atoms with Crippen molar-refractivity contribution in [3.8, 4) is 0 Å². The number of aromatic nitrogens is 1. The SMILES string of the molecule is COC(=O)C(C=O)n1sc(Cl)cc1=O. The molecule has 7 heteroatoms. The third-order valence-electron chi connectivity index (χ3n) is 1.46. The highest BCUT2D eigenvalue weighted by molar-refractivity contribution is 7.11. The minimum Gasteiger partial charge on any atom is -0.467 e. The first-order valence-electron chi connectivity index (χ1n) is 3.51. The molecule has 5 nitrogen and oxygen atoms in total. The molecule has 0 fully saturated rings. The van der Waals surface area contributed by atoms with E-state index < -0.39 is 17.6 Å². The fraction of sp³-hybridized carbons (Fsp3) is 0.286. The van der Waals surface area contributed by atoms with Gasteiger partial charge in [-0.15, -0.1) is 0 Å². The van der Waals surface area contributed by atoms with Crippen LogP contribution in [0.1, 0.15) is 6.04 Å². The Balaban J connectivity index is 3.13. The lowest BCUT2D eigenvalue weighted by atomic mass is 10.3. The Morgan fingerprint density at radius 1 is 1.79 bits per heavy atom. The van der Waals surface area contributed by atoms with Gasteiger partial charge < -0.3 is 9.53 Å². The van der Waals surface area contributed by atoms with Crippen molar-refractivity contribution in [1.82, 2.24) is 3.96 Å². The molecule has 1 atom stereocenters. The Hall–Kier alpha value is -1.14. The number of aldehydes is 1. The summed E-state index contributed by atoms with van der Waals surface area (Å²) in [5.41, 5.74) is -0.498.